The highest BCUT2D eigenvalue weighted by Crippen LogP contribution is 2.27. The number of hydrogen-bond acceptors (Lipinski definition) is 3. The highest BCUT2D eigenvalue weighted by molar-refractivity contribution is 7.99. The van der Waals surface area contributed by atoms with Crippen LogP contribution in [0.1, 0.15) is 18.9 Å². The number of nitrogens with zero attached hydrogens (tertiary/aromatic N) is 1. The van der Waals surface area contributed by atoms with Gasteiger partial charge in [0, 0.05) is 10.9 Å². The number of aromatic amines is 1. The number of aromatic nitrogens is 2. The minimum atomic E-state index is 0.249. The first-order chi connectivity index (χ1) is 10.2. The number of nitrogens with one attached hydrogen (secondary N) is 1. The number of imidazole rings is 1. The summed E-state index contributed by atoms with van der Waals surface area (Å²) in [5.74, 6) is 0. The largest absolute Gasteiger partial charge is 0.333 e. The predicted octanol–water partition coefficient (Wildman–Crippen LogP) is 3.99. The van der Waals surface area contributed by atoms with Crippen LogP contribution in [0.25, 0.3) is 11.0 Å². The second-order valence-electron chi connectivity index (χ2n) is 5.18. The smallest absolute Gasteiger partial charge is 0.171 e. The minimum Gasteiger partial charge on any atom is -0.333 e. The quantitative estimate of drug-likeness (QED) is 0.748. The summed E-state index contributed by atoms with van der Waals surface area (Å²) in [6.45, 7) is 2.12. The maximum Gasteiger partial charge on any atom is 0.171 e. The Morgan fingerprint density at radius 1 is 1.14 bits per heavy atom. The molecule has 0 aliphatic carbocycles. The second kappa shape index (κ2) is 6.33. The van der Waals surface area contributed by atoms with E-state index >= 15 is 0 Å². The van der Waals surface area contributed by atoms with Gasteiger partial charge in [-0.15, -0.1) is 0 Å². The first-order valence-corrected chi connectivity index (χ1v) is 8.03. The normalized spacial score (nSPS) is 12.7. The standard InChI is InChI=1S/C17H19N3S/c1-2-13(18)11-12-7-9-14(10-8-12)21-17-19-15-5-3-4-6-16(15)20-17/h3-10,13H,2,11,18H2,1H3,(H,19,20). The highest BCUT2D eigenvalue weighted by Gasteiger charge is 2.05. The van der Waals surface area contributed by atoms with Gasteiger partial charge in [0.15, 0.2) is 5.16 Å². The Balaban J connectivity index is 1.72. The molecule has 0 amide bonds. The van der Waals surface area contributed by atoms with E-state index in [1.165, 1.54) is 10.5 Å². The first-order valence-electron chi connectivity index (χ1n) is 7.21. The van der Waals surface area contributed by atoms with Gasteiger partial charge >= 0.3 is 0 Å². The summed E-state index contributed by atoms with van der Waals surface area (Å²) in [5.41, 5.74) is 9.36. The van der Waals surface area contributed by atoms with Crippen molar-refractivity contribution in [2.75, 3.05) is 0 Å². The molecule has 1 heterocycles. The van der Waals surface area contributed by atoms with E-state index in [0.29, 0.717) is 0 Å². The van der Waals surface area contributed by atoms with Gasteiger partial charge in [-0.05, 0) is 42.7 Å². The average molecular weight is 297 g/mol. The average Bonchev–Trinajstić information content (AvgIpc) is 2.91. The van der Waals surface area contributed by atoms with Crippen molar-refractivity contribution >= 4 is 22.8 Å². The maximum absolute atomic E-state index is 5.99. The van der Waals surface area contributed by atoms with Gasteiger partial charge in [0.1, 0.15) is 0 Å². The van der Waals surface area contributed by atoms with Crippen molar-refractivity contribution in [1.82, 2.24) is 9.97 Å². The lowest BCUT2D eigenvalue weighted by Gasteiger charge is -2.08. The van der Waals surface area contributed by atoms with E-state index in [4.69, 9.17) is 5.73 Å². The van der Waals surface area contributed by atoms with Crippen LogP contribution in [0, 0.1) is 0 Å². The lowest BCUT2D eigenvalue weighted by molar-refractivity contribution is 0.646. The van der Waals surface area contributed by atoms with Crippen LogP contribution in [0.3, 0.4) is 0 Å². The van der Waals surface area contributed by atoms with E-state index in [1.54, 1.807) is 11.8 Å². The number of nitrogens with two attached hydrogens (primary N) is 1. The summed E-state index contributed by atoms with van der Waals surface area (Å²) in [7, 11) is 0. The predicted molar refractivity (Wildman–Crippen MR) is 88.6 cm³/mol. The van der Waals surface area contributed by atoms with Crippen LogP contribution in [-0.2, 0) is 6.42 Å². The fourth-order valence-corrected chi connectivity index (χ4v) is 3.03. The summed E-state index contributed by atoms with van der Waals surface area (Å²) in [4.78, 5) is 9.09. The molecule has 3 rings (SSSR count). The van der Waals surface area contributed by atoms with Gasteiger partial charge in [-0.3, -0.25) is 0 Å². The third kappa shape index (κ3) is 3.46. The molecule has 3 nitrogen and oxygen atoms in total. The van der Waals surface area contributed by atoms with E-state index in [1.807, 2.05) is 24.3 Å². The molecule has 0 aliphatic rings. The van der Waals surface area contributed by atoms with E-state index in [9.17, 15) is 0 Å². The van der Waals surface area contributed by atoms with Gasteiger partial charge in [0.05, 0.1) is 11.0 Å². The Kier molecular flexibility index (Phi) is 4.27. The first kappa shape index (κ1) is 14.2. The maximum atomic E-state index is 5.99. The Morgan fingerprint density at radius 3 is 2.62 bits per heavy atom. The Morgan fingerprint density at radius 2 is 1.90 bits per heavy atom. The van der Waals surface area contributed by atoms with Crippen LogP contribution in [0.4, 0.5) is 0 Å². The van der Waals surface area contributed by atoms with Gasteiger partial charge in [-0.2, -0.15) is 0 Å². The van der Waals surface area contributed by atoms with Crippen molar-refractivity contribution in [2.24, 2.45) is 5.73 Å². The van der Waals surface area contributed by atoms with Gasteiger partial charge in [-0.1, -0.05) is 43.0 Å². The van der Waals surface area contributed by atoms with E-state index < -0.39 is 0 Å². The molecule has 3 N–H and O–H groups in total. The summed E-state index contributed by atoms with van der Waals surface area (Å²) in [6, 6.07) is 16.9. The Hall–Kier alpha value is -1.78. The van der Waals surface area contributed by atoms with Crippen molar-refractivity contribution < 1.29 is 0 Å². The SMILES string of the molecule is CCC(N)Cc1ccc(Sc2nc3ccccc3[nH]2)cc1. The van der Waals surface area contributed by atoms with Crippen LogP contribution in [-0.4, -0.2) is 16.0 Å². The van der Waals surface area contributed by atoms with Crippen LogP contribution in [0.15, 0.2) is 58.6 Å². The second-order valence-corrected chi connectivity index (χ2v) is 6.24. The van der Waals surface area contributed by atoms with Crippen LogP contribution in [0.2, 0.25) is 0 Å². The number of benzene rings is 2. The molecule has 108 valence electrons. The zero-order valence-corrected chi connectivity index (χ0v) is 12.9. The van der Waals surface area contributed by atoms with E-state index in [0.717, 1.165) is 29.0 Å². The van der Waals surface area contributed by atoms with E-state index in [2.05, 4.69) is 41.2 Å². The highest BCUT2D eigenvalue weighted by atomic mass is 32.2. The molecule has 0 bridgehead atoms. The zero-order chi connectivity index (χ0) is 14.7. The fourth-order valence-electron chi connectivity index (χ4n) is 2.23. The molecule has 2 aromatic carbocycles. The number of fused-ring (bicyclic) bond motifs is 1. The Bertz CT molecular complexity index is 685. The van der Waals surface area contributed by atoms with Crippen molar-refractivity contribution in [2.45, 2.75) is 35.9 Å². The van der Waals surface area contributed by atoms with Crippen molar-refractivity contribution in [3.63, 3.8) is 0 Å². The van der Waals surface area contributed by atoms with Gasteiger partial charge in [0.25, 0.3) is 0 Å². The van der Waals surface area contributed by atoms with Gasteiger partial charge in [-0.25, -0.2) is 4.98 Å². The third-order valence-corrected chi connectivity index (χ3v) is 4.42. The molecule has 21 heavy (non-hydrogen) atoms. The molecule has 0 saturated heterocycles. The van der Waals surface area contributed by atoms with Crippen molar-refractivity contribution in [3.05, 3.63) is 54.1 Å². The lowest BCUT2D eigenvalue weighted by atomic mass is 10.1. The monoisotopic (exact) mass is 297 g/mol. The summed E-state index contributed by atoms with van der Waals surface area (Å²) >= 11 is 1.65. The molecule has 1 aromatic heterocycles. The number of rotatable bonds is 5. The molecule has 0 radical (unpaired) electrons. The molecule has 1 atom stereocenters. The molecule has 4 heteroatoms. The van der Waals surface area contributed by atoms with Crippen LogP contribution < -0.4 is 5.73 Å². The molecule has 0 spiro atoms. The molecule has 0 aliphatic heterocycles. The summed E-state index contributed by atoms with van der Waals surface area (Å²) in [6.07, 6.45) is 1.95. The fraction of sp³-hybridized carbons (Fsp3) is 0.235. The molecule has 0 fully saturated rings. The molecular weight excluding hydrogens is 278 g/mol. The molecule has 3 aromatic rings. The van der Waals surface area contributed by atoms with Crippen LogP contribution >= 0.6 is 11.8 Å². The van der Waals surface area contributed by atoms with Crippen LogP contribution in [0.5, 0.6) is 0 Å². The molecule has 1 unspecified atom stereocenters. The van der Waals surface area contributed by atoms with Crippen molar-refractivity contribution in [3.8, 4) is 0 Å². The molecular formula is C17H19N3S. The topological polar surface area (TPSA) is 54.7 Å². The Labute approximate surface area is 129 Å². The molecule has 0 saturated carbocycles. The van der Waals surface area contributed by atoms with E-state index in [-0.39, 0.29) is 6.04 Å². The summed E-state index contributed by atoms with van der Waals surface area (Å²) < 4.78 is 0. The minimum absolute atomic E-state index is 0.249. The zero-order valence-electron chi connectivity index (χ0n) is 12.0. The van der Waals surface area contributed by atoms with Crippen molar-refractivity contribution in [1.29, 1.82) is 0 Å². The lowest BCUT2D eigenvalue weighted by Crippen LogP contribution is -2.21. The van der Waals surface area contributed by atoms with Gasteiger partial charge in [0.2, 0.25) is 0 Å². The summed E-state index contributed by atoms with van der Waals surface area (Å²) in [5, 5.41) is 0.925. The number of para-hydroxylation sites is 2. The third-order valence-electron chi connectivity index (χ3n) is 3.53. The van der Waals surface area contributed by atoms with Gasteiger partial charge < -0.3 is 10.7 Å². The number of hydrogen-bond donors (Lipinski definition) is 2. The number of H-pyrrole nitrogens is 1.